The summed E-state index contributed by atoms with van der Waals surface area (Å²) in [6.07, 6.45) is 1.91. The van der Waals surface area contributed by atoms with E-state index in [0.717, 1.165) is 49.9 Å². The molecule has 3 heteroatoms. The van der Waals surface area contributed by atoms with Crippen LogP contribution in [0.15, 0.2) is 128 Å². The molecule has 7 aromatic rings. The molecule has 0 N–H and O–H groups in total. The lowest BCUT2D eigenvalue weighted by molar-refractivity contribution is 1.23. The van der Waals surface area contributed by atoms with E-state index in [1.807, 2.05) is 54.7 Å². The van der Waals surface area contributed by atoms with Crippen LogP contribution < -0.4 is 0 Å². The highest BCUT2D eigenvalue weighted by Gasteiger charge is 2.13. The molecule has 3 nitrogen and oxygen atoms in total. The molecule has 176 valence electrons. The van der Waals surface area contributed by atoms with Crippen molar-refractivity contribution < 1.29 is 0 Å². The fourth-order valence-corrected chi connectivity index (χ4v) is 5.09. The quantitative estimate of drug-likeness (QED) is 0.234. The molecule has 1 aromatic heterocycles. The summed E-state index contributed by atoms with van der Waals surface area (Å²) in [4.78, 5) is 13.2. The van der Waals surface area contributed by atoms with Crippen molar-refractivity contribution in [3.8, 4) is 33.6 Å². The van der Waals surface area contributed by atoms with Crippen molar-refractivity contribution in [3.63, 3.8) is 0 Å². The molecule has 0 amide bonds. The van der Waals surface area contributed by atoms with Crippen LogP contribution in [0.25, 0.3) is 70.9 Å². The number of rotatable bonds is 3. The van der Waals surface area contributed by atoms with E-state index < -0.39 is 0 Å². The van der Waals surface area contributed by atoms with Gasteiger partial charge in [-0.05, 0) is 74.1 Å². The molecule has 0 bridgehead atoms. The topological polar surface area (TPSA) is 30.1 Å². The molecule has 0 radical (unpaired) electrons. The van der Waals surface area contributed by atoms with Crippen molar-refractivity contribution in [2.75, 3.05) is 0 Å². The van der Waals surface area contributed by atoms with E-state index in [-0.39, 0.29) is 0 Å². The summed E-state index contributed by atoms with van der Waals surface area (Å²) in [5.41, 5.74) is 7.09. The van der Waals surface area contributed by atoms with Crippen molar-refractivity contribution >= 4 is 38.1 Å². The van der Waals surface area contributed by atoms with E-state index in [1.54, 1.807) is 0 Å². The maximum absolute atomic E-state index is 7.18. The second-order valence-electron chi connectivity index (χ2n) is 9.43. The molecule has 1 heterocycles. The molecule has 7 rings (SSSR count). The number of para-hydroxylation sites is 1. The summed E-state index contributed by atoms with van der Waals surface area (Å²) < 4.78 is 0. The third-order valence-electron chi connectivity index (χ3n) is 7.10. The molecule has 0 atom stereocenters. The molecule has 0 saturated carbocycles. The Bertz CT molecular complexity index is 2030. The maximum atomic E-state index is 7.18. The van der Waals surface area contributed by atoms with Gasteiger partial charge in [-0.1, -0.05) is 91.0 Å². The first-order chi connectivity index (χ1) is 18.7. The first kappa shape index (κ1) is 21.9. The second-order valence-corrected chi connectivity index (χ2v) is 9.43. The Morgan fingerprint density at radius 3 is 1.82 bits per heavy atom. The van der Waals surface area contributed by atoms with Crippen LogP contribution in [-0.2, 0) is 0 Å². The molecular formula is C35H21N3. The van der Waals surface area contributed by atoms with Crippen LogP contribution in [0.1, 0.15) is 0 Å². The summed E-state index contributed by atoms with van der Waals surface area (Å²) in [5, 5.41) is 5.72. The molecule has 0 unspecified atom stereocenters. The highest BCUT2D eigenvalue weighted by molar-refractivity contribution is 5.98. The highest BCUT2D eigenvalue weighted by atomic mass is 14.9. The van der Waals surface area contributed by atoms with E-state index in [1.165, 1.54) is 16.2 Å². The third kappa shape index (κ3) is 3.86. The fourth-order valence-electron chi connectivity index (χ4n) is 5.09. The van der Waals surface area contributed by atoms with Crippen LogP contribution in [0.5, 0.6) is 0 Å². The molecule has 6 aromatic carbocycles. The van der Waals surface area contributed by atoms with Gasteiger partial charge in [0.05, 0.1) is 12.1 Å². The van der Waals surface area contributed by atoms with Crippen LogP contribution >= 0.6 is 0 Å². The van der Waals surface area contributed by atoms with Gasteiger partial charge >= 0.3 is 0 Å². The number of aromatic nitrogens is 2. The first-order valence-electron chi connectivity index (χ1n) is 12.5. The molecule has 38 heavy (non-hydrogen) atoms. The Kier molecular flexibility index (Phi) is 5.17. The summed E-state index contributed by atoms with van der Waals surface area (Å²) in [6, 6.07) is 41.9. The van der Waals surface area contributed by atoms with E-state index >= 15 is 0 Å². The van der Waals surface area contributed by atoms with Gasteiger partial charge in [0.2, 0.25) is 0 Å². The lowest BCUT2D eigenvalue weighted by Crippen LogP contribution is -1.93. The number of hydrogen-bond acceptors (Lipinski definition) is 2. The van der Waals surface area contributed by atoms with Crippen LogP contribution in [-0.4, -0.2) is 9.97 Å². The van der Waals surface area contributed by atoms with E-state index in [2.05, 4.69) is 77.6 Å². The summed E-state index contributed by atoms with van der Waals surface area (Å²) in [6.45, 7) is 7.18. The lowest BCUT2D eigenvalue weighted by atomic mass is 9.92. The van der Waals surface area contributed by atoms with Gasteiger partial charge in [-0.25, -0.2) is 14.8 Å². The zero-order valence-corrected chi connectivity index (χ0v) is 20.5. The van der Waals surface area contributed by atoms with Gasteiger partial charge in [0.1, 0.15) is 0 Å². The van der Waals surface area contributed by atoms with Crippen molar-refractivity contribution in [1.82, 2.24) is 9.97 Å². The van der Waals surface area contributed by atoms with Gasteiger partial charge in [-0.2, -0.15) is 0 Å². The number of benzene rings is 6. The average Bonchev–Trinajstić information content (AvgIpc) is 2.99. The predicted octanol–water partition coefficient (Wildman–Crippen LogP) is 9.49. The van der Waals surface area contributed by atoms with E-state index in [9.17, 15) is 0 Å². The van der Waals surface area contributed by atoms with Crippen molar-refractivity contribution in [2.24, 2.45) is 0 Å². The molecule has 0 aliphatic carbocycles. The summed E-state index contributed by atoms with van der Waals surface area (Å²) >= 11 is 0. The number of nitrogens with zero attached hydrogens (tertiary/aromatic N) is 3. The molecule has 0 aliphatic rings. The van der Waals surface area contributed by atoms with Crippen LogP contribution in [0.3, 0.4) is 0 Å². The highest BCUT2D eigenvalue weighted by Crippen LogP contribution is 2.37. The van der Waals surface area contributed by atoms with Crippen LogP contribution in [0.4, 0.5) is 5.69 Å². The Hall–Kier alpha value is -5.33. The summed E-state index contributed by atoms with van der Waals surface area (Å²) in [5.74, 6) is 0.725. The maximum Gasteiger partial charge on any atom is 0.187 e. The van der Waals surface area contributed by atoms with Crippen molar-refractivity contribution in [3.05, 3.63) is 139 Å². The first-order valence-corrected chi connectivity index (χ1v) is 12.5. The molecular weight excluding hydrogens is 462 g/mol. The van der Waals surface area contributed by atoms with Gasteiger partial charge in [-0.3, -0.25) is 0 Å². The van der Waals surface area contributed by atoms with E-state index in [0.29, 0.717) is 5.69 Å². The van der Waals surface area contributed by atoms with Gasteiger partial charge in [0.25, 0.3) is 0 Å². The molecule has 0 spiro atoms. The SMILES string of the molecule is [C-]#[N+]c1ccc(-c2ccc3cc(-c4cc5ccccc5cc4-c4ncc5ccccc5n4)ccc3c2)cc1. The molecule has 0 aliphatic heterocycles. The Morgan fingerprint density at radius 1 is 0.500 bits per heavy atom. The Morgan fingerprint density at radius 2 is 1.08 bits per heavy atom. The minimum atomic E-state index is 0.653. The van der Waals surface area contributed by atoms with Crippen LogP contribution in [0, 0.1) is 6.57 Å². The zero-order valence-electron chi connectivity index (χ0n) is 20.5. The minimum absolute atomic E-state index is 0.653. The number of hydrogen-bond donors (Lipinski definition) is 0. The average molecular weight is 484 g/mol. The standard InChI is InChI=1S/C35H21N3/c1-36-31-16-14-23(15-17-31)26-10-11-28-19-29(13-12-27(28)18-26)32-20-24-6-2-3-7-25(24)21-33(32)35-37-22-30-8-4-5-9-34(30)38-35/h2-22H. The lowest BCUT2D eigenvalue weighted by Gasteiger charge is -2.13. The predicted molar refractivity (Wildman–Crippen MR) is 157 cm³/mol. The Labute approximate surface area is 220 Å². The molecule has 0 fully saturated rings. The minimum Gasteiger partial charge on any atom is -0.238 e. The zero-order chi connectivity index (χ0) is 25.5. The summed E-state index contributed by atoms with van der Waals surface area (Å²) in [7, 11) is 0. The van der Waals surface area contributed by atoms with E-state index in [4.69, 9.17) is 16.5 Å². The van der Waals surface area contributed by atoms with Gasteiger partial charge in [0.15, 0.2) is 11.5 Å². The number of fused-ring (bicyclic) bond motifs is 3. The Balaban J connectivity index is 1.37. The normalized spacial score (nSPS) is 11.1. The van der Waals surface area contributed by atoms with Gasteiger partial charge < -0.3 is 0 Å². The van der Waals surface area contributed by atoms with Crippen LogP contribution in [0.2, 0.25) is 0 Å². The second kappa shape index (κ2) is 8.96. The molecule has 0 saturated heterocycles. The van der Waals surface area contributed by atoms with Crippen molar-refractivity contribution in [1.29, 1.82) is 0 Å². The van der Waals surface area contributed by atoms with Crippen molar-refractivity contribution in [2.45, 2.75) is 0 Å². The fraction of sp³-hybridized carbons (Fsp3) is 0. The van der Waals surface area contributed by atoms with Gasteiger partial charge in [-0.15, -0.1) is 0 Å². The third-order valence-corrected chi connectivity index (χ3v) is 7.10. The van der Waals surface area contributed by atoms with Gasteiger partial charge in [0, 0.05) is 17.1 Å². The largest absolute Gasteiger partial charge is 0.238 e. The monoisotopic (exact) mass is 483 g/mol. The smallest absolute Gasteiger partial charge is 0.187 e.